The van der Waals surface area contributed by atoms with Gasteiger partial charge in [-0.3, -0.25) is 5.10 Å². The van der Waals surface area contributed by atoms with Crippen LogP contribution >= 0.6 is 0 Å². The molecule has 0 spiro atoms. The van der Waals surface area contributed by atoms with Gasteiger partial charge >= 0.3 is 31.1 Å². The van der Waals surface area contributed by atoms with Crippen LogP contribution in [-0.2, 0) is 22.5 Å². The molecule has 0 aliphatic heterocycles. The zero-order valence-corrected chi connectivity index (χ0v) is 18.7. The van der Waals surface area contributed by atoms with Crippen LogP contribution in [0.25, 0.3) is 0 Å². The molecule has 1 aromatic carbocycles. The molecule has 2 aromatic rings. The summed E-state index contributed by atoms with van der Waals surface area (Å²) in [6.45, 7) is 10.4. The summed E-state index contributed by atoms with van der Waals surface area (Å²) >= 11 is 0. The summed E-state index contributed by atoms with van der Waals surface area (Å²) in [5.41, 5.74) is 2.87. The van der Waals surface area contributed by atoms with Crippen LogP contribution in [0.5, 0.6) is 0 Å². The number of aromatic nitrogens is 2. The minimum Gasteiger partial charge on any atom is -0.384 e. The van der Waals surface area contributed by atoms with Crippen LogP contribution in [0.15, 0.2) is 36.7 Å². The standard InChI is InChI=1S/C14H15N2O2.C2H6.C2H5.U/c1-18-6-5-12-3-2-4-13(7-12)9-16-10-14(11-17)8-15-16;2*1-2;/h2-4,7-8,10H,5-6,9H2,1H3;1-2H3;1H2,2H3;/q-1;;-1;+2. The maximum Gasteiger partial charge on any atom is 2.00 e. The summed E-state index contributed by atoms with van der Waals surface area (Å²) in [5.74, 6) is 0. The molecule has 0 bridgehead atoms. The van der Waals surface area contributed by atoms with Crippen molar-refractivity contribution in [2.24, 2.45) is 0 Å². The predicted octanol–water partition coefficient (Wildman–Crippen LogP) is 3.44. The molecule has 1 aromatic heterocycles. The fourth-order valence-corrected chi connectivity index (χ4v) is 1.79. The average molecular weight is 540 g/mol. The van der Waals surface area contributed by atoms with Gasteiger partial charge in [-0.25, -0.2) is 0 Å². The summed E-state index contributed by atoms with van der Waals surface area (Å²) in [6.07, 6.45) is 5.93. The Labute approximate surface area is 164 Å². The maximum atomic E-state index is 10.5. The SMILES string of the molecule is CC.COCCc1cccc(Cn2cc([C-]=O)cn2)c1.[CH2-]C.[U+2]. The van der Waals surface area contributed by atoms with Crippen molar-refractivity contribution in [3.05, 3.63) is 60.3 Å². The third-order valence-electron chi connectivity index (χ3n) is 2.68. The van der Waals surface area contributed by atoms with E-state index in [-0.39, 0.29) is 31.1 Å². The molecule has 0 radical (unpaired) electrons. The maximum absolute atomic E-state index is 10.5. The fourth-order valence-electron chi connectivity index (χ4n) is 1.79. The Hall–Kier alpha value is -0.888. The first-order valence-corrected chi connectivity index (χ1v) is 7.50. The Morgan fingerprint density at radius 1 is 1.26 bits per heavy atom. The average Bonchev–Trinajstić information content (AvgIpc) is 3.04. The number of hydrogen-bond acceptors (Lipinski definition) is 3. The quantitative estimate of drug-likeness (QED) is 0.528. The van der Waals surface area contributed by atoms with E-state index in [1.807, 2.05) is 32.3 Å². The van der Waals surface area contributed by atoms with Gasteiger partial charge in [-0.05, 0) is 17.5 Å². The topological polar surface area (TPSA) is 44.1 Å². The molecule has 0 N–H and O–H groups in total. The number of hydrogen-bond donors (Lipinski definition) is 0. The monoisotopic (exact) mass is 540 g/mol. The molecule has 23 heavy (non-hydrogen) atoms. The first-order chi connectivity index (χ1) is 10.8. The Bertz CT molecular complexity index is 527. The van der Waals surface area contributed by atoms with Crippen molar-refractivity contribution in [1.82, 2.24) is 9.78 Å². The van der Waals surface area contributed by atoms with E-state index in [0.29, 0.717) is 12.1 Å². The first kappa shape index (κ1) is 24.4. The molecule has 5 heteroatoms. The Morgan fingerprint density at radius 3 is 2.48 bits per heavy atom. The van der Waals surface area contributed by atoms with Crippen LogP contribution in [0.3, 0.4) is 0 Å². The van der Waals surface area contributed by atoms with Crippen LogP contribution in [0.2, 0.25) is 0 Å². The largest absolute Gasteiger partial charge is 2.00 e. The Kier molecular flexibility index (Phi) is 16.9. The van der Waals surface area contributed by atoms with Crippen LogP contribution in [0.1, 0.15) is 37.5 Å². The third-order valence-corrected chi connectivity index (χ3v) is 2.68. The molecular weight excluding hydrogens is 514 g/mol. The minimum absolute atomic E-state index is 0. The van der Waals surface area contributed by atoms with Crippen molar-refractivity contribution in [2.75, 3.05) is 13.7 Å². The van der Waals surface area contributed by atoms with Crippen molar-refractivity contribution in [1.29, 1.82) is 0 Å². The third kappa shape index (κ3) is 9.76. The summed E-state index contributed by atoms with van der Waals surface area (Å²) in [5, 5.41) is 4.10. The summed E-state index contributed by atoms with van der Waals surface area (Å²) in [6, 6.07) is 8.28. The van der Waals surface area contributed by atoms with Gasteiger partial charge in [0.05, 0.1) is 19.4 Å². The molecule has 0 unspecified atom stereocenters. The summed E-state index contributed by atoms with van der Waals surface area (Å²) in [4.78, 5) is 10.5. The Morgan fingerprint density at radius 2 is 1.91 bits per heavy atom. The van der Waals surface area contributed by atoms with Gasteiger partial charge in [-0.2, -0.15) is 6.92 Å². The molecule has 0 amide bonds. The molecule has 124 valence electrons. The number of nitrogens with zero attached hydrogens (tertiary/aromatic N) is 2. The van der Waals surface area contributed by atoms with E-state index in [0.717, 1.165) is 18.6 Å². The Balaban J connectivity index is 0. The van der Waals surface area contributed by atoms with Crippen molar-refractivity contribution >= 4 is 6.29 Å². The van der Waals surface area contributed by atoms with Crippen LogP contribution in [0, 0.1) is 38.0 Å². The van der Waals surface area contributed by atoms with Crippen molar-refractivity contribution in [2.45, 2.75) is 33.7 Å². The molecule has 0 aliphatic carbocycles. The van der Waals surface area contributed by atoms with Gasteiger partial charge in [0.2, 0.25) is 0 Å². The normalized spacial score (nSPS) is 8.74. The van der Waals surface area contributed by atoms with E-state index in [2.05, 4.69) is 24.2 Å². The number of carbonyl (C=O) groups excluding carboxylic acids is 1. The molecule has 0 saturated carbocycles. The predicted molar refractivity (Wildman–Crippen MR) is 90.5 cm³/mol. The van der Waals surface area contributed by atoms with Crippen LogP contribution in [-0.4, -0.2) is 29.8 Å². The number of benzene rings is 1. The molecule has 2 rings (SSSR count). The fraction of sp³-hybridized carbons (Fsp3) is 0.389. The minimum atomic E-state index is 0. The molecule has 0 fully saturated rings. The van der Waals surface area contributed by atoms with Gasteiger partial charge in [-0.1, -0.05) is 50.5 Å². The second-order valence-corrected chi connectivity index (χ2v) is 4.09. The van der Waals surface area contributed by atoms with Gasteiger partial charge in [0.1, 0.15) is 0 Å². The molecule has 1 heterocycles. The number of methoxy groups -OCH3 is 1. The van der Waals surface area contributed by atoms with Crippen molar-refractivity contribution < 1.29 is 40.6 Å². The number of rotatable bonds is 6. The van der Waals surface area contributed by atoms with Gasteiger partial charge in [0, 0.05) is 7.11 Å². The van der Waals surface area contributed by atoms with Crippen molar-refractivity contribution in [3.63, 3.8) is 0 Å². The van der Waals surface area contributed by atoms with E-state index >= 15 is 0 Å². The van der Waals surface area contributed by atoms with Gasteiger partial charge in [0.25, 0.3) is 0 Å². The van der Waals surface area contributed by atoms with Gasteiger partial charge in [0.15, 0.2) is 0 Å². The van der Waals surface area contributed by atoms with E-state index in [9.17, 15) is 4.79 Å². The zero-order valence-electron chi connectivity index (χ0n) is 14.5. The molecule has 0 aliphatic rings. The van der Waals surface area contributed by atoms with E-state index in [1.54, 1.807) is 24.9 Å². The molecule has 4 nitrogen and oxygen atoms in total. The smallest absolute Gasteiger partial charge is 0.384 e. The van der Waals surface area contributed by atoms with E-state index < -0.39 is 0 Å². The summed E-state index contributed by atoms with van der Waals surface area (Å²) < 4.78 is 6.79. The molecule has 0 atom stereocenters. The summed E-state index contributed by atoms with van der Waals surface area (Å²) in [7, 11) is 1.70. The second kappa shape index (κ2) is 16.0. The number of ether oxygens (including phenoxy) is 1. The van der Waals surface area contributed by atoms with Crippen LogP contribution < -0.4 is 0 Å². The van der Waals surface area contributed by atoms with Crippen molar-refractivity contribution in [3.8, 4) is 0 Å². The molecule has 0 saturated heterocycles. The van der Waals surface area contributed by atoms with Gasteiger partial charge < -0.3 is 21.1 Å². The van der Waals surface area contributed by atoms with E-state index in [1.165, 1.54) is 11.8 Å². The first-order valence-electron chi connectivity index (χ1n) is 7.50. The van der Waals surface area contributed by atoms with E-state index in [4.69, 9.17) is 4.74 Å². The van der Waals surface area contributed by atoms with Gasteiger partial charge in [-0.15, -0.1) is 5.56 Å². The second-order valence-electron chi connectivity index (χ2n) is 4.09. The van der Waals surface area contributed by atoms with Crippen LogP contribution in [0.4, 0.5) is 0 Å². The molecular formula is C18H26N2O2U. The zero-order chi connectivity index (χ0) is 16.8.